The van der Waals surface area contributed by atoms with Crippen LogP contribution in [-0.4, -0.2) is 11.4 Å². The summed E-state index contributed by atoms with van der Waals surface area (Å²) in [6, 6.07) is 14.5. The van der Waals surface area contributed by atoms with Crippen LogP contribution in [-0.2, 0) is 0 Å². The minimum Gasteiger partial charge on any atom is -0.454 e. The van der Waals surface area contributed by atoms with Gasteiger partial charge < -0.3 is 14.0 Å². The summed E-state index contributed by atoms with van der Waals surface area (Å²) in [6.07, 6.45) is 2.09. The lowest BCUT2D eigenvalue weighted by molar-refractivity contribution is 0.174. The van der Waals surface area contributed by atoms with Gasteiger partial charge in [0.1, 0.15) is 0 Å². The molecule has 4 heteroatoms. The van der Waals surface area contributed by atoms with Crippen molar-refractivity contribution in [2.45, 2.75) is 0 Å². The summed E-state index contributed by atoms with van der Waals surface area (Å²) in [5.41, 5.74) is 2.31. The second kappa shape index (κ2) is 4.16. The zero-order chi connectivity index (χ0) is 12.8. The van der Waals surface area contributed by atoms with Gasteiger partial charge in [-0.25, -0.2) is 0 Å². The third kappa shape index (κ3) is 1.70. The van der Waals surface area contributed by atoms with Crippen LogP contribution in [0.1, 0.15) is 0 Å². The van der Waals surface area contributed by atoms with Crippen LogP contribution < -0.4 is 9.47 Å². The van der Waals surface area contributed by atoms with Gasteiger partial charge in [0.15, 0.2) is 11.5 Å². The van der Waals surface area contributed by atoms with Gasteiger partial charge in [0, 0.05) is 15.8 Å². The molecule has 0 unspecified atom stereocenters. The Morgan fingerprint density at radius 3 is 2.68 bits per heavy atom. The highest BCUT2D eigenvalue weighted by Crippen LogP contribution is 2.37. The summed E-state index contributed by atoms with van der Waals surface area (Å²) < 4.78 is 14.2. The maximum atomic E-state index is 5.47. The predicted molar refractivity (Wildman–Crippen MR) is 82.1 cm³/mol. The Hall–Kier alpha value is -1.69. The number of ether oxygens (including phenoxy) is 2. The quantitative estimate of drug-likeness (QED) is 0.611. The van der Waals surface area contributed by atoms with E-state index in [4.69, 9.17) is 9.47 Å². The van der Waals surface area contributed by atoms with Gasteiger partial charge in [-0.2, -0.15) is 0 Å². The molecule has 0 saturated heterocycles. The van der Waals surface area contributed by atoms with E-state index in [2.05, 4.69) is 63.7 Å². The smallest absolute Gasteiger partial charge is 0.231 e. The fourth-order valence-corrected chi connectivity index (χ4v) is 3.08. The number of benzene rings is 2. The molecule has 3 aromatic rings. The van der Waals surface area contributed by atoms with Crippen LogP contribution in [0.3, 0.4) is 0 Å². The van der Waals surface area contributed by atoms with Crippen molar-refractivity contribution in [1.29, 1.82) is 0 Å². The predicted octanol–water partition coefficient (Wildman–Crippen LogP) is 3.96. The van der Waals surface area contributed by atoms with Gasteiger partial charge in [-0.3, -0.25) is 0 Å². The van der Waals surface area contributed by atoms with E-state index in [1.165, 1.54) is 10.9 Å². The first kappa shape index (κ1) is 11.2. The lowest BCUT2D eigenvalue weighted by Gasteiger charge is -2.09. The van der Waals surface area contributed by atoms with E-state index in [1.807, 2.05) is 12.1 Å². The topological polar surface area (TPSA) is 23.4 Å². The zero-order valence-electron chi connectivity index (χ0n) is 9.97. The summed E-state index contributed by atoms with van der Waals surface area (Å²) in [5, 5.41) is 1.23. The molecule has 0 aliphatic carbocycles. The van der Waals surface area contributed by atoms with E-state index in [1.54, 1.807) is 0 Å². The van der Waals surface area contributed by atoms with E-state index in [9.17, 15) is 0 Å². The second-order valence-corrected chi connectivity index (χ2v) is 5.56. The normalized spacial score (nSPS) is 13.1. The average Bonchev–Trinajstić information content (AvgIpc) is 3.03. The molecule has 0 saturated carbocycles. The standard InChI is InChI=1S/C15H10INO2/c16-11-7-14-15(19-9-18-14)8-13(11)17-6-5-10-3-1-2-4-12(10)17/h1-8H,9H2. The molecule has 2 heterocycles. The molecular formula is C15H10INO2. The molecule has 0 amide bonds. The summed E-state index contributed by atoms with van der Waals surface area (Å²) in [6.45, 7) is 0.307. The monoisotopic (exact) mass is 363 g/mol. The number of hydrogen-bond acceptors (Lipinski definition) is 2. The molecular weight excluding hydrogens is 353 g/mol. The van der Waals surface area contributed by atoms with Crippen molar-refractivity contribution in [2.24, 2.45) is 0 Å². The van der Waals surface area contributed by atoms with Crippen molar-refractivity contribution in [3.05, 3.63) is 52.2 Å². The number of fused-ring (bicyclic) bond motifs is 2. The van der Waals surface area contributed by atoms with E-state index < -0.39 is 0 Å². The molecule has 2 aromatic carbocycles. The van der Waals surface area contributed by atoms with Crippen LogP contribution in [0.4, 0.5) is 0 Å². The third-order valence-corrected chi connectivity index (χ3v) is 4.17. The molecule has 4 rings (SSSR count). The van der Waals surface area contributed by atoms with Crippen LogP contribution in [0.25, 0.3) is 16.6 Å². The van der Waals surface area contributed by atoms with Crippen molar-refractivity contribution in [3.63, 3.8) is 0 Å². The van der Waals surface area contributed by atoms with E-state index >= 15 is 0 Å². The Kier molecular flexibility index (Phi) is 2.44. The number of para-hydroxylation sites is 1. The Bertz CT molecular complexity index is 779. The van der Waals surface area contributed by atoms with Crippen molar-refractivity contribution < 1.29 is 9.47 Å². The van der Waals surface area contributed by atoms with Crippen molar-refractivity contribution in [1.82, 2.24) is 4.57 Å². The molecule has 1 aromatic heterocycles. The lowest BCUT2D eigenvalue weighted by Crippen LogP contribution is -1.95. The van der Waals surface area contributed by atoms with Crippen molar-refractivity contribution in [2.75, 3.05) is 6.79 Å². The van der Waals surface area contributed by atoms with E-state index in [0.29, 0.717) is 6.79 Å². The fraction of sp³-hybridized carbons (Fsp3) is 0.0667. The number of rotatable bonds is 1. The van der Waals surface area contributed by atoms with Crippen LogP contribution in [0.2, 0.25) is 0 Å². The fourth-order valence-electron chi connectivity index (χ4n) is 2.38. The van der Waals surface area contributed by atoms with Gasteiger partial charge in [0.25, 0.3) is 0 Å². The molecule has 0 atom stereocenters. The Morgan fingerprint density at radius 1 is 1.00 bits per heavy atom. The molecule has 0 radical (unpaired) electrons. The van der Waals surface area contributed by atoms with Gasteiger partial charge in [0.05, 0.1) is 11.2 Å². The van der Waals surface area contributed by atoms with Gasteiger partial charge >= 0.3 is 0 Å². The first-order valence-electron chi connectivity index (χ1n) is 5.98. The Morgan fingerprint density at radius 2 is 1.79 bits per heavy atom. The van der Waals surface area contributed by atoms with Gasteiger partial charge in [0.2, 0.25) is 6.79 Å². The Labute approximate surface area is 123 Å². The molecule has 0 fully saturated rings. The van der Waals surface area contributed by atoms with Gasteiger partial charge in [-0.1, -0.05) is 18.2 Å². The molecule has 0 spiro atoms. The second-order valence-electron chi connectivity index (χ2n) is 4.40. The number of nitrogens with zero attached hydrogens (tertiary/aromatic N) is 1. The average molecular weight is 363 g/mol. The molecule has 94 valence electrons. The van der Waals surface area contributed by atoms with Gasteiger partial charge in [-0.05, 0) is 46.2 Å². The van der Waals surface area contributed by atoms with E-state index in [0.717, 1.165) is 20.8 Å². The maximum Gasteiger partial charge on any atom is 0.231 e. The molecule has 19 heavy (non-hydrogen) atoms. The summed E-state index contributed by atoms with van der Waals surface area (Å²) in [5.74, 6) is 1.64. The lowest BCUT2D eigenvalue weighted by atomic mass is 10.2. The van der Waals surface area contributed by atoms with Crippen LogP contribution in [0.15, 0.2) is 48.7 Å². The molecule has 3 nitrogen and oxygen atoms in total. The van der Waals surface area contributed by atoms with Crippen LogP contribution >= 0.6 is 22.6 Å². The highest BCUT2D eigenvalue weighted by molar-refractivity contribution is 14.1. The molecule has 1 aliphatic rings. The first-order valence-corrected chi connectivity index (χ1v) is 7.06. The largest absolute Gasteiger partial charge is 0.454 e. The number of halogens is 1. The first-order chi connectivity index (χ1) is 9.33. The molecule has 0 bridgehead atoms. The van der Waals surface area contributed by atoms with E-state index in [-0.39, 0.29) is 0 Å². The molecule has 0 N–H and O–H groups in total. The van der Waals surface area contributed by atoms with Crippen LogP contribution in [0.5, 0.6) is 11.5 Å². The SMILES string of the molecule is Ic1cc2c(cc1-n1ccc3ccccc31)OCO2. The summed E-state index contributed by atoms with van der Waals surface area (Å²) in [7, 11) is 0. The highest BCUT2D eigenvalue weighted by atomic mass is 127. The zero-order valence-corrected chi connectivity index (χ0v) is 12.1. The van der Waals surface area contributed by atoms with Crippen molar-refractivity contribution in [3.8, 4) is 17.2 Å². The molecule has 1 aliphatic heterocycles. The van der Waals surface area contributed by atoms with Gasteiger partial charge in [-0.15, -0.1) is 0 Å². The Balaban J connectivity index is 1.97. The minimum absolute atomic E-state index is 0.307. The summed E-state index contributed by atoms with van der Waals surface area (Å²) >= 11 is 2.33. The minimum atomic E-state index is 0.307. The maximum absolute atomic E-state index is 5.47. The highest BCUT2D eigenvalue weighted by Gasteiger charge is 2.17. The summed E-state index contributed by atoms with van der Waals surface area (Å²) in [4.78, 5) is 0. The third-order valence-electron chi connectivity index (χ3n) is 3.30. The van der Waals surface area contributed by atoms with Crippen LogP contribution in [0, 0.1) is 3.57 Å². The number of hydrogen-bond donors (Lipinski definition) is 0. The number of aromatic nitrogens is 1. The van der Waals surface area contributed by atoms with Crippen molar-refractivity contribution >= 4 is 33.5 Å².